The van der Waals surface area contributed by atoms with Gasteiger partial charge in [-0.05, 0) is 50.6 Å². The lowest BCUT2D eigenvalue weighted by molar-refractivity contribution is -0.107. The van der Waals surface area contributed by atoms with Crippen LogP contribution in [0.15, 0.2) is 36.7 Å². The number of ether oxygens (including phenoxy) is 3. The molecule has 0 bridgehead atoms. The molecule has 1 aromatic heterocycles. The second-order valence-electron chi connectivity index (χ2n) is 8.27. The highest BCUT2D eigenvalue weighted by atomic mass is 35.5. The first-order valence-electron chi connectivity index (χ1n) is 10.2. The van der Waals surface area contributed by atoms with Crippen LogP contribution in [0.1, 0.15) is 19.4 Å². The van der Waals surface area contributed by atoms with Crippen LogP contribution in [0.4, 0.5) is 11.5 Å². The SMILES string of the molecule is COc1cc2c(Nc3ccc(Cl)c(C)c3)ncnc2cc1OCC1CNCC(C)(C)O1. The van der Waals surface area contributed by atoms with Crippen LogP contribution in [-0.2, 0) is 4.74 Å². The summed E-state index contributed by atoms with van der Waals surface area (Å²) in [5, 5.41) is 8.28. The molecular formula is C23H27ClN4O3. The smallest absolute Gasteiger partial charge is 0.163 e. The molecule has 1 aliphatic heterocycles. The van der Waals surface area contributed by atoms with Crippen molar-refractivity contribution in [1.29, 1.82) is 0 Å². The molecule has 1 fully saturated rings. The molecule has 4 rings (SSSR count). The molecule has 1 saturated heterocycles. The van der Waals surface area contributed by atoms with Crippen LogP contribution in [0.3, 0.4) is 0 Å². The standard InChI is InChI=1S/C23H27ClN4O3/c1-14-7-15(5-6-18(14)24)28-22-17-8-20(29-4)21(9-19(17)26-13-27-22)30-11-16-10-25-12-23(2,3)31-16/h5-9,13,16,25H,10-12H2,1-4H3,(H,26,27,28). The molecule has 1 aliphatic rings. The van der Waals surface area contributed by atoms with Crippen LogP contribution in [0.25, 0.3) is 10.9 Å². The van der Waals surface area contributed by atoms with Gasteiger partial charge in [0.2, 0.25) is 0 Å². The van der Waals surface area contributed by atoms with Gasteiger partial charge in [0.25, 0.3) is 0 Å². The van der Waals surface area contributed by atoms with E-state index < -0.39 is 0 Å². The van der Waals surface area contributed by atoms with Gasteiger partial charge in [0, 0.05) is 35.3 Å². The van der Waals surface area contributed by atoms with Gasteiger partial charge in [0.05, 0.1) is 18.2 Å². The zero-order chi connectivity index (χ0) is 22.0. The van der Waals surface area contributed by atoms with Crippen molar-refractivity contribution >= 4 is 34.0 Å². The van der Waals surface area contributed by atoms with Crippen molar-refractivity contribution in [3.63, 3.8) is 0 Å². The molecule has 2 heterocycles. The Kier molecular flexibility index (Phi) is 6.18. The van der Waals surface area contributed by atoms with Crippen molar-refractivity contribution in [1.82, 2.24) is 15.3 Å². The molecular weight excluding hydrogens is 416 g/mol. The average Bonchev–Trinajstić information content (AvgIpc) is 2.74. The minimum Gasteiger partial charge on any atom is -0.493 e. The number of benzene rings is 2. The predicted molar refractivity (Wildman–Crippen MR) is 123 cm³/mol. The maximum atomic E-state index is 6.14. The summed E-state index contributed by atoms with van der Waals surface area (Å²) in [5.74, 6) is 1.91. The van der Waals surface area contributed by atoms with Crippen LogP contribution < -0.4 is 20.1 Å². The molecule has 1 unspecified atom stereocenters. The lowest BCUT2D eigenvalue weighted by atomic mass is 10.1. The van der Waals surface area contributed by atoms with Crippen LogP contribution >= 0.6 is 11.6 Å². The topological polar surface area (TPSA) is 77.5 Å². The lowest BCUT2D eigenvalue weighted by Crippen LogP contribution is -2.52. The van der Waals surface area contributed by atoms with E-state index in [0.717, 1.165) is 40.3 Å². The molecule has 0 aliphatic carbocycles. The van der Waals surface area contributed by atoms with Gasteiger partial charge in [-0.15, -0.1) is 0 Å². The highest BCUT2D eigenvalue weighted by Gasteiger charge is 2.29. The molecule has 0 spiro atoms. The van der Waals surface area contributed by atoms with Gasteiger partial charge in [0.15, 0.2) is 11.5 Å². The second-order valence-corrected chi connectivity index (χ2v) is 8.68. The van der Waals surface area contributed by atoms with E-state index in [-0.39, 0.29) is 11.7 Å². The van der Waals surface area contributed by atoms with E-state index in [9.17, 15) is 0 Å². The number of fused-ring (bicyclic) bond motifs is 1. The molecule has 1 atom stereocenters. The van der Waals surface area contributed by atoms with Crippen LogP contribution in [0.5, 0.6) is 11.5 Å². The third-order valence-corrected chi connectivity index (χ3v) is 5.60. The summed E-state index contributed by atoms with van der Waals surface area (Å²) < 4.78 is 17.7. The van der Waals surface area contributed by atoms with Crippen LogP contribution in [0.2, 0.25) is 5.02 Å². The summed E-state index contributed by atoms with van der Waals surface area (Å²) in [7, 11) is 1.62. The van der Waals surface area contributed by atoms with E-state index in [1.54, 1.807) is 7.11 Å². The van der Waals surface area contributed by atoms with Crippen molar-refractivity contribution < 1.29 is 14.2 Å². The second kappa shape index (κ2) is 8.86. The summed E-state index contributed by atoms with van der Waals surface area (Å²) >= 11 is 6.14. The van der Waals surface area contributed by atoms with Crippen molar-refractivity contribution in [2.75, 3.05) is 32.1 Å². The fraction of sp³-hybridized carbons (Fsp3) is 0.391. The quantitative estimate of drug-likeness (QED) is 0.582. The Bertz CT molecular complexity index is 1090. The number of aromatic nitrogens is 2. The highest BCUT2D eigenvalue weighted by molar-refractivity contribution is 6.31. The van der Waals surface area contributed by atoms with Crippen molar-refractivity contribution in [3.8, 4) is 11.5 Å². The van der Waals surface area contributed by atoms with Crippen molar-refractivity contribution in [2.45, 2.75) is 32.5 Å². The lowest BCUT2D eigenvalue weighted by Gasteiger charge is -2.36. The maximum absolute atomic E-state index is 6.14. The number of nitrogens with one attached hydrogen (secondary N) is 2. The zero-order valence-electron chi connectivity index (χ0n) is 18.2. The fourth-order valence-electron chi connectivity index (χ4n) is 3.64. The Morgan fingerprint density at radius 2 is 2.06 bits per heavy atom. The minimum absolute atomic E-state index is 0.0417. The number of halogens is 1. The number of anilines is 2. The Balaban J connectivity index is 1.58. The number of morpholine rings is 1. The number of nitrogens with zero attached hydrogens (tertiary/aromatic N) is 2. The summed E-state index contributed by atoms with van der Waals surface area (Å²) in [4.78, 5) is 8.83. The van der Waals surface area contributed by atoms with Crippen molar-refractivity contribution in [2.24, 2.45) is 0 Å². The van der Waals surface area contributed by atoms with E-state index in [1.807, 2.05) is 37.3 Å². The Morgan fingerprint density at radius 3 is 2.81 bits per heavy atom. The third-order valence-electron chi connectivity index (χ3n) is 5.17. The number of hydrogen-bond acceptors (Lipinski definition) is 7. The molecule has 2 aromatic carbocycles. The van der Waals surface area contributed by atoms with E-state index in [1.165, 1.54) is 6.33 Å². The average molecular weight is 443 g/mol. The predicted octanol–water partition coefficient (Wildman–Crippen LogP) is 4.49. The van der Waals surface area contributed by atoms with Gasteiger partial charge in [-0.25, -0.2) is 9.97 Å². The molecule has 0 amide bonds. The molecule has 0 saturated carbocycles. The summed E-state index contributed by atoms with van der Waals surface area (Å²) in [6.45, 7) is 8.08. The van der Waals surface area contributed by atoms with Gasteiger partial charge in [-0.3, -0.25) is 0 Å². The maximum Gasteiger partial charge on any atom is 0.163 e. The molecule has 0 radical (unpaired) electrons. The summed E-state index contributed by atoms with van der Waals surface area (Å²) in [5.41, 5.74) is 2.42. The van der Waals surface area contributed by atoms with Gasteiger partial charge in [-0.1, -0.05) is 11.6 Å². The molecule has 8 heteroatoms. The monoisotopic (exact) mass is 442 g/mol. The number of methoxy groups -OCH3 is 1. The summed E-state index contributed by atoms with van der Waals surface area (Å²) in [6, 6.07) is 9.51. The summed E-state index contributed by atoms with van der Waals surface area (Å²) in [6.07, 6.45) is 1.49. The number of hydrogen-bond donors (Lipinski definition) is 2. The fourth-order valence-corrected chi connectivity index (χ4v) is 3.76. The zero-order valence-corrected chi connectivity index (χ0v) is 18.9. The van der Waals surface area contributed by atoms with E-state index in [2.05, 4.69) is 34.4 Å². The highest BCUT2D eigenvalue weighted by Crippen LogP contribution is 2.35. The van der Waals surface area contributed by atoms with Gasteiger partial charge in [-0.2, -0.15) is 0 Å². The van der Waals surface area contributed by atoms with Gasteiger partial charge < -0.3 is 24.8 Å². The number of rotatable bonds is 6. The first kappa shape index (κ1) is 21.6. The van der Waals surface area contributed by atoms with Crippen molar-refractivity contribution in [3.05, 3.63) is 47.2 Å². The largest absolute Gasteiger partial charge is 0.493 e. The first-order chi connectivity index (χ1) is 14.8. The third kappa shape index (κ3) is 5.01. The Hall–Kier alpha value is -2.61. The van der Waals surface area contributed by atoms with E-state index in [0.29, 0.717) is 23.9 Å². The van der Waals surface area contributed by atoms with Gasteiger partial charge in [0.1, 0.15) is 24.9 Å². The molecule has 7 nitrogen and oxygen atoms in total. The molecule has 2 N–H and O–H groups in total. The molecule has 164 valence electrons. The number of aryl methyl sites for hydroxylation is 1. The van der Waals surface area contributed by atoms with Crippen LogP contribution in [-0.4, -0.2) is 48.5 Å². The molecule has 31 heavy (non-hydrogen) atoms. The first-order valence-corrected chi connectivity index (χ1v) is 10.6. The van der Waals surface area contributed by atoms with Gasteiger partial charge >= 0.3 is 0 Å². The molecule has 3 aromatic rings. The van der Waals surface area contributed by atoms with Crippen LogP contribution in [0, 0.1) is 6.92 Å². The Labute approximate surface area is 187 Å². The van der Waals surface area contributed by atoms with E-state index >= 15 is 0 Å². The van der Waals surface area contributed by atoms with E-state index in [4.69, 9.17) is 25.8 Å². The minimum atomic E-state index is -0.215. The Morgan fingerprint density at radius 1 is 1.23 bits per heavy atom. The normalized spacial score (nSPS) is 18.0.